The smallest absolute Gasteiger partial charge is 0.269 e. The minimum Gasteiger partial charge on any atom is -0.352 e. The molecule has 0 spiro atoms. The van der Waals surface area contributed by atoms with Crippen LogP contribution in [0.1, 0.15) is 5.56 Å². The summed E-state index contributed by atoms with van der Waals surface area (Å²) in [6.45, 7) is 1.86. The Morgan fingerprint density at radius 1 is 1.32 bits per heavy atom. The third kappa shape index (κ3) is 4.97. The summed E-state index contributed by atoms with van der Waals surface area (Å²) in [5.41, 5.74) is 1.73. The molecule has 1 saturated heterocycles. The maximum Gasteiger partial charge on any atom is 0.269 e. The van der Waals surface area contributed by atoms with E-state index >= 15 is 0 Å². The van der Waals surface area contributed by atoms with E-state index in [1.54, 1.807) is 35.0 Å². The summed E-state index contributed by atoms with van der Waals surface area (Å²) >= 11 is 0. The normalized spacial score (nSPS) is 14.6. The van der Waals surface area contributed by atoms with E-state index in [2.05, 4.69) is 15.4 Å². The Bertz CT molecular complexity index is 866. The molecule has 28 heavy (non-hydrogen) atoms. The van der Waals surface area contributed by atoms with Crippen LogP contribution in [0.25, 0.3) is 0 Å². The molecule has 1 fully saturated rings. The van der Waals surface area contributed by atoms with Crippen LogP contribution in [0.15, 0.2) is 41.7 Å². The highest BCUT2D eigenvalue weighted by atomic mass is 127. The van der Waals surface area contributed by atoms with Gasteiger partial charge >= 0.3 is 0 Å². The summed E-state index contributed by atoms with van der Waals surface area (Å²) < 4.78 is 1.67. The summed E-state index contributed by atoms with van der Waals surface area (Å²) in [6.07, 6.45) is 3.49. The first-order valence-corrected chi connectivity index (χ1v) is 8.46. The van der Waals surface area contributed by atoms with Gasteiger partial charge in [-0.15, -0.1) is 24.0 Å². The highest BCUT2D eigenvalue weighted by Gasteiger charge is 2.27. The molecule has 0 radical (unpaired) electrons. The number of amides is 1. The molecule has 11 heteroatoms. The third-order valence-corrected chi connectivity index (χ3v) is 4.33. The van der Waals surface area contributed by atoms with Gasteiger partial charge in [0.2, 0.25) is 5.91 Å². The molecule has 0 bridgehead atoms. The number of carbonyl (C=O) groups excluding carboxylic acids is 1. The van der Waals surface area contributed by atoms with Gasteiger partial charge in [-0.25, -0.2) is 0 Å². The van der Waals surface area contributed by atoms with Crippen LogP contribution in [0.4, 0.5) is 11.4 Å². The number of aryl methyl sites for hydroxylation is 1. The Morgan fingerprint density at radius 3 is 2.57 bits per heavy atom. The summed E-state index contributed by atoms with van der Waals surface area (Å²) in [6, 6.07) is 6.33. The predicted molar refractivity (Wildman–Crippen MR) is 116 cm³/mol. The van der Waals surface area contributed by atoms with Crippen LogP contribution in [0, 0.1) is 10.1 Å². The number of nitrogens with zero attached hydrogens (tertiary/aromatic N) is 6. The van der Waals surface area contributed by atoms with Gasteiger partial charge in [0, 0.05) is 52.1 Å². The summed E-state index contributed by atoms with van der Waals surface area (Å²) in [7, 11) is 3.48. The Labute approximate surface area is 179 Å². The van der Waals surface area contributed by atoms with E-state index in [9.17, 15) is 14.9 Å². The number of piperazine rings is 1. The van der Waals surface area contributed by atoms with Gasteiger partial charge in [-0.2, -0.15) is 5.10 Å². The zero-order valence-electron chi connectivity index (χ0n) is 15.6. The average molecular weight is 499 g/mol. The van der Waals surface area contributed by atoms with E-state index in [-0.39, 0.29) is 42.1 Å². The van der Waals surface area contributed by atoms with Gasteiger partial charge < -0.3 is 15.1 Å². The lowest BCUT2D eigenvalue weighted by Crippen LogP contribution is -2.55. The van der Waals surface area contributed by atoms with E-state index in [4.69, 9.17) is 0 Å². The van der Waals surface area contributed by atoms with Gasteiger partial charge in [0.1, 0.15) is 6.54 Å². The van der Waals surface area contributed by atoms with E-state index in [1.807, 2.05) is 18.1 Å². The topological polar surface area (TPSA) is 109 Å². The number of aliphatic imine (C=N–C) groups is 1. The number of halogens is 1. The van der Waals surface area contributed by atoms with Crippen molar-refractivity contribution in [2.45, 2.75) is 6.54 Å². The zero-order chi connectivity index (χ0) is 19.4. The van der Waals surface area contributed by atoms with Crippen LogP contribution < -0.4 is 10.2 Å². The van der Waals surface area contributed by atoms with Crippen LogP contribution in [0.3, 0.4) is 0 Å². The molecule has 1 aliphatic heterocycles. The second-order valence-electron chi connectivity index (χ2n) is 6.16. The van der Waals surface area contributed by atoms with Crippen molar-refractivity contribution < 1.29 is 9.72 Å². The van der Waals surface area contributed by atoms with E-state index < -0.39 is 4.92 Å². The largest absolute Gasteiger partial charge is 0.352 e. The number of anilines is 1. The van der Waals surface area contributed by atoms with Gasteiger partial charge in [0.25, 0.3) is 5.69 Å². The number of nitro benzene ring substituents is 1. The third-order valence-electron chi connectivity index (χ3n) is 4.33. The maximum absolute atomic E-state index is 12.5. The number of nitrogens with one attached hydrogen (secondary N) is 1. The van der Waals surface area contributed by atoms with Crippen LogP contribution >= 0.6 is 24.0 Å². The van der Waals surface area contributed by atoms with Gasteiger partial charge in [0.05, 0.1) is 16.8 Å². The van der Waals surface area contributed by atoms with Crippen molar-refractivity contribution in [1.82, 2.24) is 20.0 Å². The summed E-state index contributed by atoms with van der Waals surface area (Å²) in [5, 5.41) is 18.0. The van der Waals surface area contributed by atoms with Crippen molar-refractivity contribution in [2.75, 3.05) is 31.6 Å². The van der Waals surface area contributed by atoms with E-state index in [1.165, 1.54) is 12.1 Å². The molecule has 0 aliphatic carbocycles. The molecule has 1 aliphatic rings. The number of carbonyl (C=O) groups is 1. The minimum atomic E-state index is -0.427. The molecule has 10 nitrogen and oxygen atoms in total. The molecule has 1 aromatic carbocycles. The van der Waals surface area contributed by atoms with E-state index in [0.717, 1.165) is 11.3 Å². The van der Waals surface area contributed by atoms with Gasteiger partial charge in [0.15, 0.2) is 5.96 Å². The van der Waals surface area contributed by atoms with Crippen LogP contribution in [0.2, 0.25) is 0 Å². The first kappa shape index (κ1) is 21.6. The van der Waals surface area contributed by atoms with Crippen molar-refractivity contribution in [2.24, 2.45) is 12.0 Å². The molecule has 1 amide bonds. The molecule has 1 N–H and O–H groups in total. The van der Waals surface area contributed by atoms with E-state index in [0.29, 0.717) is 25.6 Å². The minimum absolute atomic E-state index is 0. The summed E-state index contributed by atoms with van der Waals surface area (Å²) in [4.78, 5) is 30.6. The number of hydrogen-bond acceptors (Lipinski definition) is 5. The Balaban J connectivity index is 0.00000280. The lowest BCUT2D eigenvalue weighted by atomic mass is 10.2. The van der Waals surface area contributed by atoms with Gasteiger partial charge in [-0.3, -0.25) is 24.6 Å². The molecule has 0 saturated carbocycles. The van der Waals surface area contributed by atoms with Gasteiger partial charge in [-0.05, 0) is 5.56 Å². The molecule has 150 valence electrons. The molecule has 1 aromatic heterocycles. The molecule has 0 unspecified atom stereocenters. The average Bonchev–Trinajstić information content (AvgIpc) is 3.09. The maximum atomic E-state index is 12.5. The molecular formula is C17H22IN7O3. The summed E-state index contributed by atoms with van der Waals surface area (Å²) in [5.74, 6) is 0.597. The number of benzene rings is 1. The fourth-order valence-corrected chi connectivity index (χ4v) is 2.92. The monoisotopic (exact) mass is 499 g/mol. The van der Waals surface area contributed by atoms with Crippen LogP contribution in [-0.2, 0) is 18.4 Å². The molecular weight excluding hydrogens is 477 g/mol. The van der Waals surface area contributed by atoms with Crippen molar-refractivity contribution in [3.05, 3.63) is 52.3 Å². The predicted octanol–water partition coefficient (Wildman–Crippen LogP) is 1.37. The lowest BCUT2D eigenvalue weighted by Gasteiger charge is -2.35. The molecule has 2 heterocycles. The molecule has 3 rings (SSSR count). The Hall–Kier alpha value is -2.70. The van der Waals surface area contributed by atoms with Crippen molar-refractivity contribution in [1.29, 1.82) is 0 Å². The SMILES string of the molecule is CN=C(NCc1ccc([N+](=O)[O-])cc1)N1CCN(c2cnn(C)c2)C(=O)C1.I. The zero-order valence-corrected chi connectivity index (χ0v) is 17.9. The Kier molecular flexibility index (Phi) is 7.31. The number of guanidine groups is 1. The second kappa shape index (κ2) is 9.48. The first-order valence-electron chi connectivity index (χ1n) is 8.46. The van der Waals surface area contributed by atoms with Crippen molar-refractivity contribution in [3.63, 3.8) is 0 Å². The van der Waals surface area contributed by atoms with Gasteiger partial charge in [-0.1, -0.05) is 12.1 Å². The number of nitro groups is 1. The Morgan fingerprint density at radius 2 is 2.04 bits per heavy atom. The van der Waals surface area contributed by atoms with Crippen LogP contribution in [-0.4, -0.2) is 58.2 Å². The number of aromatic nitrogens is 2. The highest BCUT2D eigenvalue weighted by molar-refractivity contribution is 14.0. The molecule has 2 aromatic rings. The standard InChI is InChI=1S/C17H21N7O3.HI/c1-18-17(19-9-13-3-5-14(6-4-13)24(26)27)22-7-8-23(16(25)12-22)15-10-20-21(2)11-15;/h3-6,10-11H,7-9,12H2,1-2H3,(H,18,19);1H. The number of rotatable bonds is 4. The lowest BCUT2D eigenvalue weighted by molar-refractivity contribution is -0.384. The quantitative estimate of drug-likeness (QED) is 0.224. The fraction of sp³-hybridized carbons (Fsp3) is 0.353. The second-order valence-corrected chi connectivity index (χ2v) is 6.16. The van der Waals surface area contributed by atoms with Crippen molar-refractivity contribution >= 4 is 47.2 Å². The molecule has 0 atom stereocenters. The number of non-ortho nitro benzene ring substituents is 1. The fourth-order valence-electron chi connectivity index (χ4n) is 2.92. The van der Waals surface area contributed by atoms with Crippen LogP contribution in [0.5, 0.6) is 0 Å². The van der Waals surface area contributed by atoms with Crippen molar-refractivity contribution in [3.8, 4) is 0 Å². The highest BCUT2D eigenvalue weighted by Crippen LogP contribution is 2.16. The first-order chi connectivity index (χ1) is 13.0. The number of hydrogen-bond donors (Lipinski definition) is 1.